The molecule has 1 aromatic carbocycles. The fourth-order valence-corrected chi connectivity index (χ4v) is 1.58. The number of ether oxygens (including phenoxy) is 1. The Morgan fingerprint density at radius 2 is 2.24 bits per heavy atom. The predicted octanol–water partition coefficient (Wildman–Crippen LogP) is 3.02. The van der Waals surface area contributed by atoms with Crippen molar-refractivity contribution >= 4 is 23.3 Å². The second-order valence-electron chi connectivity index (χ2n) is 3.62. The van der Waals surface area contributed by atoms with E-state index in [1.54, 1.807) is 19.2 Å². The van der Waals surface area contributed by atoms with Gasteiger partial charge in [-0.3, -0.25) is 4.79 Å². The fraction of sp³-hybridized carbons (Fsp3) is 0.417. The Balaban J connectivity index is 2.38. The van der Waals surface area contributed by atoms with Gasteiger partial charge in [-0.2, -0.15) is 0 Å². The molecule has 1 aromatic rings. The zero-order chi connectivity index (χ0) is 12.7. The number of hydrogen-bond acceptors (Lipinski definition) is 3. The number of unbranched alkanes of at least 4 members (excludes halogenated alkanes) is 1. The quantitative estimate of drug-likeness (QED) is 0.737. The fourth-order valence-electron chi connectivity index (χ4n) is 1.39. The van der Waals surface area contributed by atoms with Crippen molar-refractivity contribution in [3.05, 3.63) is 23.2 Å². The zero-order valence-electron chi connectivity index (χ0n) is 9.70. The van der Waals surface area contributed by atoms with Crippen LogP contribution in [0.4, 0.5) is 5.69 Å². The first-order valence-corrected chi connectivity index (χ1v) is 5.80. The van der Waals surface area contributed by atoms with Crippen LogP contribution in [0.25, 0.3) is 0 Å². The summed E-state index contributed by atoms with van der Waals surface area (Å²) in [5.74, 6) is -0.0214. The van der Waals surface area contributed by atoms with Crippen LogP contribution in [0, 0.1) is 0 Å². The third-order valence-corrected chi connectivity index (χ3v) is 2.64. The van der Waals surface area contributed by atoms with Crippen LogP contribution in [0.3, 0.4) is 0 Å². The lowest BCUT2D eigenvalue weighted by molar-refractivity contribution is -0.137. The Morgan fingerprint density at radius 1 is 1.47 bits per heavy atom. The number of anilines is 1. The van der Waals surface area contributed by atoms with E-state index in [1.165, 1.54) is 0 Å². The summed E-state index contributed by atoms with van der Waals surface area (Å²) in [6.45, 7) is 0.695. The van der Waals surface area contributed by atoms with Gasteiger partial charge in [-0.05, 0) is 25.0 Å². The van der Waals surface area contributed by atoms with Crippen molar-refractivity contribution in [1.29, 1.82) is 0 Å². The topological polar surface area (TPSA) is 58.6 Å². The number of rotatable bonds is 7. The molecule has 0 fully saturated rings. The number of aliphatic carboxylic acids is 1. The van der Waals surface area contributed by atoms with E-state index < -0.39 is 5.97 Å². The Kier molecular flexibility index (Phi) is 5.63. The van der Waals surface area contributed by atoms with Crippen LogP contribution in [-0.2, 0) is 4.79 Å². The summed E-state index contributed by atoms with van der Waals surface area (Å²) in [5.41, 5.74) is 0.807. The zero-order valence-corrected chi connectivity index (χ0v) is 10.5. The minimum Gasteiger partial charge on any atom is -0.497 e. The Morgan fingerprint density at radius 3 is 2.88 bits per heavy atom. The largest absolute Gasteiger partial charge is 0.497 e. The SMILES string of the molecule is COc1ccc(Cl)c(NCCCCC(=O)O)c1. The van der Waals surface area contributed by atoms with Gasteiger partial charge in [0.1, 0.15) is 5.75 Å². The van der Waals surface area contributed by atoms with Gasteiger partial charge in [0, 0.05) is 19.0 Å². The van der Waals surface area contributed by atoms with Gasteiger partial charge in [0.25, 0.3) is 0 Å². The summed E-state index contributed by atoms with van der Waals surface area (Å²) in [6, 6.07) is 5.37. The molecule has 17 heavy (non-hydrogen) atoms. The molecule has 0 unspecified atom stereocenters. The number of hydrogen-bond donors (Lipinski definition) is 2. The second kappa shape index (κ2) is 7.01. The number of nitrogens with one attached hydrogen (secondary N) is 1. The number of carbonyl (C=O) groups is 1. The molecule has 0 bridgehead atoms. The maximum Gasteiger partial charge on any atom is 0.303 e. The molecule has 5 heteroatoms. The molecule has 0 aromatic heterocycles. The van der Waals surface area contributed by atoms with E-state index in [9.17, 15) is 4.79 Å². The molecule has 94 valence electrons. The Bertz CT molecular complexity index is 382. The molecule has 0 aliphatic heterocycles. The van der Waals surface area contributed by atoms with Crippen LogP contribution in [0.2, 0.25) is 5.02 Å². The number of methoxy groups -OCH3 is 1. The van der Waals surface area contributed by atoms with Crippen molar-refractivity contribution in [3.63, 3.8) is 0 Å². The first-order chi connectivity index (χ1) is 8.13. The summed E-state index contributed by atoms with van der Waals surface area (Å²) in [4.78, 5) is 10.3. The van der Waals surface area contributed by atoms with Gasteiger partial charge < -0.3 is 15.2 Å². The summed E-state index contributed by atoms with van der Waals surface area (Å²) in [7, 11) is 1.60. The lowest BCUT2D eigenvalue weighted by atomic mass is 10.2. The van der Waals surface area contributed by atoms with E-state index in [0.717, 1.165) is 17.9 Å². The molecule has 0 aliphatic carbocycles. The van der Waals surface area contributed by atoms with Crippen molar-refractivity contribution in [1.82, 2.24) is 0 Å². The highest BCUT2D eigenvalue weighted by atomic mass is 35.5. The van der Waals surface area contributed by atoms with Gasteiger partial charge in [-0.1, -0.05) is 11.6 Å². The summed E-state index contributed by atoms with van der Waals surface area (Å²) >= 11 is 6.00. The van der Waals surface area contributed by atoms with Crippen LogP contribution >= 0.6 is 11.6 Å². The van der Waals surface area contributed by atoms with Gasteiger partial charge >= 0.3 is 5.97 Å². The summed E-state index contributed by atoms with van der Waals surface area (Å²) in [6.07, 6.45) is 1.65. The predicted molar refractivity (Wildman–Crippen MR) is 68.0 cm³/mol. The maximum absolute atomic E-state index is 10.3. The monoisotopic (exact) mass is 257 g/mol. The lowest BCUT2D eigenvalue weighted by Gasteiger charge is -2.09. The van der Waals surface area contributed by atoms with Gasteiger partial charge in [-0.15, -0.1) is 0 Å². The molecule has 0 saturated heterocycles. The van der Waals surface area contributed by atoms with Crippen LogP contribution in [0.15, 0.2) is 18.2 Å². The van der Waals surface area contributed by atoms with Crippen LogP contribution in [-0.4, -0.2) is 24.7 Å². The molecule has 0 spiro atoms. The molecule has 0 radical (unpaired) electrons. The lowest BCUT2D eigenvalue weighted by Crippen LogP contribution is -2.03. The van der Waals surface area contributed by atoms with Crippen LogP contribution < -0.4 is 10.1 Å². The first kappa shape index (κ1) is 13.6. The average molecular weight is 258 g/mol. The molecule has 0 atom stereocenters. The third-order valence-electron chi connectivity index (χ3n) is 2.31. The van der Waals surface area contributed by atoms with Crippen LogP contribution in [0.1, 0.15) is 19.3 Å². The van der Waals surface area contributed by atoms with E-state index in [0.29, 0.717) is 18.0 Å². The standard InChI is InChI=1S/C12H16ClNO3/c1-17-9-5-6-10(13)11(8-9)14-7-3-2-4-12(15)16/h5-6,8,14H,2-4,7H2,1H3,(H,15,16). The molecule has 0 amide bonds. The average Bonchev–Trinajstić information content (AvgIpc) is 2.30. The van der Waals surface area contributed by atoms with Gasteiger partial charge in [0.2, 0.25) is 0 Å². The van der Waals surface area contributed by atoms with Crippen molar-refractivity contribution in [3.8, 4) is 5.75 Å². The summed E-state index contributed by atoms with van der Waals surface area (Å²) in [5, 5.41) is 12.3. The minimum absolute atomic E-state index is 0.202. The van der Waals surface area contributed by atoms with Crippen LogP contribution in [0.5, 0.6) is 5.75 Å². The normalized spacial score (nSPS) is 10.0. The minimum atomic E-state index is -0.760. The number of benzene rings is 1. The Hall–Kier alpha value is -1.42. The van der Waals surface area contributed by atoms with E-state index in [4.69, 9.17) is 21.4 Å². The molecule has 4 nitrogen and oxygen atoms in total. The van der Waals surface area contributed by atoms with Gasteiger partial charge in [0.05, 0.1) is 17.8 Å². The molecule has 0 aliphatic rings. The van der Waals surface area contributed by atoms with Crippen molar-refractivity contribution in [2.24, 2.45) is 0 Å². The van der Waals surface area contributed by atoms with Crippen molar-refractivity contribution in [2.75, 3.05) is 19.0 Å². The Labute approximate surface area is 106 Å². The smallest absolute Gasteiger partial charge is 0.303 e. The maximum atomic E-state index is 10.3. The molecular formula is C12H16ClNO3. The molecular weight excluding hydrogens is 242 g/mol. The van der Waals surface area contributed by atoms with Gasteiger partial charge in [0.15, 0.2) is 0 Å². The van der Waals surface area contributed by atoms with Crippen molar-refractivity contribution in [2.45, 2.75) is 19.3 Å². The second-order valence-corrected chi connectivity index (χ2v) is 4.03. The molecule has 1 rings (SSSR count). The highest BCUT2D eigenvalue weighted by Crippen LogP contribution is 2.26. The number of carboxylic acids is 1. The number of carboxylic acid groups (broad SMARTS) is 1. The molecule has 0 saturated carbocycles. The molecule has 2 N–H and O–H groups in total. The van der Waals surface area contributed by atoms with E-state index in [-0.39, 0.29) is 6.42 Å². The van der Waals surface area contributed by atoms with E-state index in [2.05, 4.69) is 5.32 Å². The highest BCUT2D eigenvalue weighted by molar-refractivity contribution is 6.33. The molecule has 0 heterocycles. The highest BCUT2D eigenvalue weighted by Gasteiger charge is 2.02. The third kappa shape index (κ3) is 4.95. The first-order valence-electron chi connectivity index (χ1n) is 5.42. The van der Waals surface area contributed by atoms with E-state index >= 15 is 0 Å². The van der Waals surface area contributed by atoms with Gasteiger partial charge in [-0.25, -0.2) is 0 Å². The van der Waals surface area contributed by atoms with Crippen molar-refractivity contribution < 1.29 is 14.6 Å². The summed E-state index contributed by atoms with van der Waals surface area (Å²) < 4.78 is 5.09. The van der Waals surface area contributed by atoms with E-state index in [1.807, 2.05) is 6.07 Å². The number of halogens is 1.